The molecule has 0 aliphatic heterocycles. The van der Waals surface area contributed by atoms with Crippen molar-refractivity contribution in [2.75, 3.05) is 18.9 Å². The lowest BCUT2D eigenvalue weighted by Crippen LogP contribution is -2.32. The van der Waals surface area contributed by atoms with Crippen LogP contribution in [-0.4, -0.2) is 24.2 Å². The van der Waals surface area contributed by atoms with Gasteiger partial charge in [0.05, 0.1) is 5.56 Å². The Labute approximate surface area is 111 Å². The van der Waals surface area contributed by atoms with Crippen LogP contribution >= 0.6 is 0 Å². The Balaban J connectivity index is 1.94. The van der Waals surface area contributed by atoms with E-state index in [-0.39, 0.29) is 24.0 Å². The normalized spacial score (nSPS) is 22.4. The van der Waals surface area contributed by atoms with Gasteiger partial charge in [0.1, 0.15) is 5.82 Å². The molecule has 1 aromatic carbocycles. The fourth-order valence-corrected chi connectivity index (χ4v) is 2.66. The molecule has 1 saturated carbocycles. The fourth-order valence-electron chi connectivity index (χ4n) is 2.66. The molecule has 1 amide bonds. The number of nitrogens with two attached hydrogens (primary N) is 1. The topological polar surface area (TPSA) is 75.4 Å². The molecular weight excluding hydrogens is 247 g/mol. The highest BCUT2D eigenvalue weighted by molar-refractivity contribution is 5.94. The minimum atomic E-state index is -0.609. The number of anilines is 1. The first-order valence-electron chi connectivity index (χ1n) is 6.56. The molecule has 2 rings (SSSR count). The molecular formula is C14H19FN2O2. The molecule has 0 radical (unpaired) electrons. The highest BCUT2D eigenvalue weighted by atomic mass is 19.1. The van der Waals surface area contributed by atoms with Gasteiger partial charge in [0.2, 0.25) is 0 Å². The molecule has 2 unspecified atom stereocenters. The summed E-state index contributed by atoms with van der Waals surface area (Å²) in [6, 6.07) is 4.03. The van der Waals surface area contributed by atoms with Crippen LogP contribution in [0.1, 0.15) is 29.6 Å². The molecule has 1 fully saturated rings. The molecule has 0 heterocycles. The quantitative estimate of drug-likeness (QED) is 0.724. The van der Waals surface area contributed by atoms with Gasteiger partial charge in [-0.15, -0.1) is 0 Å². The van der Waals surface area contributed by atoms with E-state index in [0.717, 1.165) is 25.3 Å². The maximum Gasteiger partial charge on any atom is 0.254 e. The zero-order valence-corrected chi connectivity index (χ0v) is 10.7. The molecule has 0 bridgehead atoms. The van der Waals surface area contributed by atoms with E-state index in [0.29, 0.717) is 12.2 Å². The Morgan fingerprint density at radius 2 is 2.16 bits per heavy atom. The number of halogens is 1. The Hall–Kier alpha value is -1.62. The molecule has 104 valence electrons. The van der Waals surface area contributed by atoms with Gasteiger partial charge >= 0.3 is 0 Å². The van der Waals surface area contributed by atoms with Crippen LogP contribution in [0, 0.1) is 17.7 Å². The van der Waals surface area contributed by atoms with Crippen molar-refractivity contribution in [1.29, 1.82) is 0 Å². The summed E-state index contributed by atoms with van der Waals surface area (Å²) in [6.45, 7) is 0.630. The summed E-state index contributed by atoms with van der Waals surface area (Å²) in [5.41, 5.74) is 5.74. The number of amides is 1. The predicted octanol–water partition coefficient (Wildman–Crippen LogP) is 1.55. The standard InChI is InChI=1S/C14H19FN2O2/c15-13-6-11(16)4-5-12(13)14(19)17-7-9-2-1-3-10(9)8-18/h4-6,9-10,18H,1-3,7-8,16H2,(H,17,19). The second-order valence-electron chi connectivity index (χ2n) is 5.08. The third-order valence-electron chi connectivity index (χ3n) is 3.81. The summed E-state index contributed by atoms with van der Waals surface area (Å²) in [6.07, 6.45) is 3.06. The third kappa shape index (κ3) is 3.23. The lowest BCUT2D eigenvalue weighted by Gasteiger charge is -2.17. The van der Waals surface area contributed by atoms with Crippen LogP contribution < -0.4 is 11.1 Å². The van der Waals surface area contributed by atoms with Crippen LogP contribution in [0.4, 0.5) is 10.1 Å². The van der Waals surface area contributed by atoms with Crippen LogP contribution in [0.3, 0.4) is 0 Å². The van der Waals surface area contributed by atoms with Crippen molar-refractivity contribution in [1.82, 2.24) is 5.32 Å². The second kappa shape index (κ2) is 6.02. The van der Waals surface area contributed by atoms with Gasteiger partial charge in [-0.1, -0.05) is 6.42 Å². The van der Waals surface area contributed by atoms with Crippen molar-refractivity contribution in [2.24, 2.45) is 11.8 Å². The van der Waals surface area contributed by atoms with Crippen molar-refractivity contribution >= 4 is 11.6 Å². The Morgan fingerprint density at radius 1 is 1.42 bits per heavy atom. The molecule has 1 aromatic rings. The van der Waals surface area contributed by atoms with Crippen LogP contribution in [0.2, 0.25) is 0 Å². The molecule has 4 nitrogen and oxygen atoms in total. The molecule has 0 aromatic heterocycles. The van der Waals surface area contributed by atoms with Crippen molar-refractivity contribution in [3.63, 3.8) is 0 Å². The van der Waals surface area contributed by atoms with Crippen LogP contribution in [-0.2, 0) is 0 Å². The first-order valence-corrected chi connectivity index (χ1v) is 6.56. The smallest absolute Gasteiger partial charge is 0.254 e. The molecule has 5 heteroatoms. The van der Waals surface area contributed by atoms with E-state index in [1.54, 1.807) is 0 Å². The van der Waals surface area contributed by atoms with Gasteiger partial charge in [0, 0.05) is 18.8 Å². The first-order chi connectivity index (χ1) is 9.11. The molecule has 2 atom stereocenters. The van der Waals surface area contributed by atoms with Crippen molar-refractivity contribution in [2.45, 2.75) is 19.3 Å². The fraction of sp³-hybridized carbons (Fsp3) is 0.500. The maximum atomic E-state index is 13.6. The van der Waals surface area contributed by atoms with Gasteiger partial charge in [0.15, 0.2) is 0 Å². The van der Waals surface area contributed by atoms with Crippen LogP contribution in [0.5, 0.6) is 0 Å². The lowest BCUT2D eigenvalue weighted by molar-refractivity contribution is 0.0934. The summed E-state index contributed by atoms with van der Waals surface area (Å²) >= 11 is 0. The number of carbonyl (C=O) groups is 1. The lowest BCUT2D eigenvalue weighted by atomic mass is 9.97. The van der Waals surface area contributed by atoms with Crippen molar-refractivity contribution in [3.05, 3.63) is 29.6 Å². The summed E-state index contributed by atoms with van der Waals surface area (Å²) in [7, 11) is 0. The number of hydrogen-bond donors (Lipinski definition) is 3. The Morgan fingerprint density at radius 3 is 2.84 bits per heavy atom. The minimum Gasteiger partial charge on any atom is -0.399 e. The van der Waals surface area contributed by atoms with Gasteiger partial charge in [-0.25, -0.2) is 4.39 Å². The van der Waals surface area contributed by atoms with E-state index in [4.69, 9.17) is 5.73 Å². The molecule has 0 saturated heterocycles. The number of nitrogen functional groups attached to an aromatic ring is 1. The Kier molecular flexibility index (Phi) is 4.37. The molecule has 1 aliphatic rings. The number of benzene rings is 1. The highest BCUT2D eigenvalue weighted by Crippen LogP contribution is 2.30. The molecule has 1 aliphatic carbocycles. The van der Waals surface area contributed by atoms with Crippen molar-refractivity contribution in [3.8, 4) is 0 Å². The van der Waals surface area contributed by atoms with E-state index in [2.05, 4.69) is 5.32 Å². The predicted molar refractivity (Wildman–Crippen MR) is 71.1 cm³/mol. The van der Waals surface area contributed by atoms with Gasteiger partial charge in [-0.3, -0.25) is 4.79 Å². The number of hydrogen-bond acceptors (Lipinski definition) is 3. The average Bonchev–Trinajstić information content (AvgIpc) is 2.83. The van der Waals surface area contributed by atoms with Gasteiger partial charge < -0.3 is 16.2 Å². The zero-order chi connectivity index (χ0) is 13.8. The Bertz CT molecular complexity index is 465. The van der Waals surface area contributed by atoms with E-state index in [1.807, 2.05) is 0 Å². The maximum absolute atomic E-state index is 13.6. The minimum absolute atomic E-state index is 0.00717. The van der Waals surface area contributed by atoms with E-state index in [9.17, 15) is 14.3 Å². The summed E-state index contributed by atoms with van der Waals surface area (Å²) in [5, 5.41) is 11.9. The summed E-state index contributed by atoms with van der Waals surface area (Å²) < 4.78 is 13.6. The summed E-state index contributed by atoms with van der Waals surface area (Å²) in [4.78, 5) is 11.9. The van der Waals surface area contributed by atoms with Gasteiger partial charge in [-0.05, 0) is 42.9 Å². The van der Waals surface area contributed by atoms with Gasteiger partial charge in [-0.2, -0.15) is 0 Å². The SMILES string of the molecule is Nc1ccc(C(=O)NCC2CCCC2CO)c(F)c1. The molecule has 19 heavy (non-hydrogen) atoms. The number of aliphatic hydroxyl groups is 1. The van der Waals surface area contributed by atoms with Crippen LogP contribution in [0.15, 0.2) is 18.2 Å². The van der Waals surface area contributed by atoms with E-state index in [1.165, 1.54) is 12.1 Å². The molecule has 4 N–H and O–H groups in total. The number of rotatable bonds is 4. The van der Waals surface area contributed by atoms with E-state index >= 15 is 0 Å². The summed E-state index contributed by atoms with van der Waals surface area (Å²) in [5.74, 6) is -0.508. The third-order valence-corrected chi connectivity index (χ3v) is 3.81. The van der Waals surface area contributed by atoms with Crippen molar-refractivity contribution < 1.29 is 14.3 Å². The largest absolute Gasteiger partial charge is 0.399 e. The highest BCUT2D eigenvalue weighted by Gasteiger charge is 2.27. The second-order valence-corrected chi connectivity index (χ2v) is 5.08. The monoisotopic (exact) mass is 266 g/mol. The number of nitrogens with one attached hydrogen (secondary N) is 1. The number of carbonyl (C=O) groups excluding carboxylic acids is 1. The van der Waals surface area contributed by atoms with Crippen LogP contribution in [0.25, 0.3) is 0 Å². The number of aliphatic hydroxyl groups excluding tert-OH is 1. The van der Waals surface area contributed by atoms with Gasteiger partial charge in [0.25, 0.3) is 5.91 Å². The zero-order valence-electron chi connectivity index (χ0n) is 10.7. The van der Waals surface area contributed by atoms with E-state index < -0.39 is 11.7 Å². The molecule has 0 spiro atoms. The average molecular weight is 266 g/mol. The first kappa shape index (κ1) is 13.8.